The van der Waals surface area contributed by atoms with Gasteiger partial charge >= 0.3 is 12.4 Å². The van der Waals surface area contributed by atoms with Gasteiger partial charge in [-0.1, -0.05) is 109 Å². The maximum Gasteiger partial charge on any atom is 0.416 e. The molecule has 74 heavy (non-hydrogen) atoms. The van der Waals surface area contributed by atoms with Gasteiger partial charge in [0.25, 0.3) is 0 Å². The monoisotopic (exact) mass is 975 g/mol. The lowest BCUT2D eigenvalue weighted by Crippen LogP contribution is -2.11. The van der Waals surface area contributed by atoms with Crippen molar-refractivity contribution in [1.29, 1.82) is 5.26 Å². The molecule has 0 N–H and O–H groups in total. The van der Waals surface area contributed by atoms with Gasteiger partial charge in [0.1, 0.15) is 6.07 Å². The standard InChI is InChI=1S/C63H35F6N5/c64-62(65,66)39-29-37(30-40(32-39)63(67,68)69)49-35-60(73-56-23-11-5-17-47(56)50-33-41(25-27-58(50)73)71-52-19-7-1-13-43(52)44-14-2-8-20-53(44)71)38(36-70)31-61(49)74-57-24-12-6-18-48(57)51-34-42(26-28-59(51)74)72-54-21-9-3-15-45(54)46-16-4-10-22-55(46)72/h1-35H. The van der Waals surface area contributed by atoms with E-state index >= 15 is 0 Å². The largest absolute Gasteiger partial charge is 0.416 e. The number of fused-ring (bicyclic) bond motifs is 12. The zero-order chi connectivity index (χ0) is 50.2. The molecule has 0 unspecified atom stereocenters. The average Bonchev–Trinajstić information content (AvgIpc) is 4.16. The summed E-state index contributed by atoms with van der Waals surface area (Å²) in [7, 11) is 0. The highest BCUT2D eigenvalue weighted by Crippen LogP contribution is 2.46. The predicted octanol–water partition coefficient (Wildman–Crippen LogP) is 17.7. The summed E-state index contributed by atoms with van der Waals surface area (Å²) in [5.41, 5.74) is 5.85. The number of nitriles is 1. The second kappa shape index (κ2) is 15.7. The zero-order valence-corrected chi connectivity index (χ0v) is 38.7. The van der Waals surface area contributed by atoms with Crippen molar-refractivity contribution in [3.05, 3.63) is 229 Å². The normalized spacial score (nSPS) is 12.4. The van der Waals surface area contributed by atoms with E-state index in [1.165, 1.54) is 0 Å². The molecule has 0 radical (unpaired) electrons. The highest BCUT2D eigenvalue weighted by Gasteiger charge is 2.38. The number of hydrogen-bond acceptors (Lipinski definition) is 1. The minimum atomic E-state index is -5.12. The lowest BCUT2D eigenvalue weighted by Gasteiger charge is -2.20. The molecule has 0 fully saturated rings. The van der Waals surface area contributed by atoms with Crippen LogP contribution < -0.4 is 0 Å². The zero-order valence-electron chi connectivity index (χ0n) is 38.7. The molecule has 14 rings (SSSR count). The second-order valence-corrected chi connectivity index (χ2v) is 18.6. The third kappa shape index (κ3) is 6.37. The molecule has 0 amide bonds. The van der Waals surface area contributed by atoms with Gasteiger partial charge in [-0.15, -0.1) is 0 Å². The third-order valence-corrected chi connectivity index (χ3v) is 14.6. The lowest BCUT2D eigenvalue weighted by atomic mass is 9.95. The molecule has 0 spiro atoms. The van der Waals surface area contributed by atoms with Gasteiger partial charge in [-0.2, -0.15) is 31.6 Å². The van der Waals surface area contributed by atoms with E-state index in [4.69, 9.17) is 0 Å². The van der Waals surface area contributed by atoms with Crippen molar-refractivity contribution in [3.63, 3.8) is 0 Å². The summed E-state index contributed by atoms with van der Waals surface area (Å²) in [5, 5.41) is 18.9. The predicted molar refractivity (Wildman–Crippen MR) is 284 cm³/mol. The Bertz CT molecular complexity index is 4590. The first-order chi connectivity index (χ1) is 35.9. The van der Waals surface area contributed by atoms with Crippen molar-refractivity contribution in [2.24, 2.45) is 0 Å². The van der Waals surface area contributed by atoms with E-state index in [1.54, 1.807) is 12.1 Å². The molecule has 14 aromatic rings. The smallest absolute Gasteiger partial charge is 0.309 e. The number of benzene rings is 10. The Balaban J connectivity index is 1.06. The number of hydrogen-bond donors (Lipinski definition) is 0. The first-order valence-electron chi connectivity index (χ1n) is 23.9. The van der Waals surface area contributed by atoms with Crippen molar-refractivity contribution < 1.29 is 26.3 Å². The van der Waals surface area contributed by atoms with E-state index in [1.807, 2.05) is 130 Å². The molecule has 10 aromatic carbocycles. The Morgan fingerprint density at radius 1 is 0.311 bits per heavy atom. The Morgan fingerprint density at radius 2 is 0.635 bits per heavy atom. The highest BCUT2D eigenvalue weighted by atomic mass is 19.4. The van der Waals surface area contributed by atoms with Crippen LogP contribution in [0.3, 0.4) is 0 Å². The van der Waals surface area contributed by atoms with E-state index in [0.29, 0.717) is 22.1 Å². The first kappa shape index (κ1) is 43.3. The van der Waals surface area contributed by atoms with E-state index in [9.17, 15) is 31.6 Å². The van der Waals surface area contributed by atoms with Crippen LogP contribution in [0.1, 0.15) is 16.7 Å². The minimum absolute atomic E-state index is 0.0533. The van der Waals surface area contributed by atoms with Crippen LogP contribution in [0.15, 0.2) is 212 Å². The van der Waals surface area contributed by atoms with Gasteiger partial charge in [0.15, 0.2) is 0 Å². The molecule has 0 atom stereocenters. The minimum Gasteiger partial charge on any atom is -0.309 e. The Kier molecular flexibility index (Phi) is 9.20. The first-order valence-corrected chi connectivity index (χ1v) is 23.9. The van der Waals surface area contributed by atoms with Gasteiger partial charge in [-0.3, -0.25) is 0 Å². The fraction of sp³-hybridized carbons (Fsp3) is 0.0317. The Hall–Kier alpha value is -9.53. The summed E-state index contributed by atoms with van der Waals surface area (Å²) >= 11 is 0. The number of halogens is 6. The van der Waals surface area contributed by atoms with Crippen LogP contribution in [-0.2, 0) is 12.4 Å². The van der Waals surface area contributed by atoms with Crippen LogP contribution in [0.5, 0.6) is 0 Å². The summed E-state index contributed by atoms with van der Waals surface area (Å²) in [6.45, 7) is 0. The molecule has 11 heteroatoms. The van der Waals surface area contributed by atoms with Crippen molar-refractivity contribution in [1.82, 2.24) is 18.3 Å². The maximum atomic E-state index is 14.8. The summed E-state index contributed by atoms with van der Waals surface area (Å²) in [5.74, 6) is 0. The quantitative estimate of drug-likeness (QED) is 0.159. The summed E-state index contributed by atoms with van der Waals surface area (Å²) in [6, 6.07) is 67.0. The van der Waals surface area contributed by atoms with Crippen molar-refractivity contribution in [3.8, 4) is 39.9 Å². The van der Waals surface area contributed by atoms with Crippen molar-refractivity contribution in [2.45, 2.75) is 12.4 Å². The number of para-hydroxylation sites is 6. The van der Waals surface area contributed by atoms with Crippen molar-refractivity contribution in [2.75, 3.05) is 0 Å². The number of aromatic nitrogens is 4. The third-order valence-electron chi connectivity index (χ3n) is 14.6. The molecular weight excluding hydrogens is 941 g/mol. The van der Waals surface area contributed by atoms with Crippen molar-refractivity contribution >= 4 is 87.2 Å². The van der Waals surface area contributed by atoms with E-state index in [-0.39, 0.29) is 34.1 Å². The van der Waals surface area contributed by atoms with Gasteiger partial charge < -0.3 is 18.3 Å². The Labute approximate surface area is 416 Å². The molecule has 0 bridgehead atoms. The summed E-state index contributed by atoms with van der Waals surface area (Å²) < 4.78 is 97.2. The molecule has 0 aliphatic heterocycles. The number of nitrogens with zero attached hydrogens (tertiary/aromatic N) is 5. The van der Waals surface area contributed by atoms with E-state index < -0.39 is 23.5 Å². The van der Waals surface area contributed by atoms with Gasteiger partial charge in [0.2, 0.25) is 0 Å². The van der Waals surface area contributed by atoms with Crippen LogP contribution in [0.25, 0.3) is 121 Å². The molecule has 354 valence electrons. The lowest BCUT2D eigenvalue weighted by molar-refractivity contribution is -0.143. The van der Waals surface area contributed by atoms with E-state index in [0.717, 1.165) is 88.7 Å². The number of rotatable bonds is 5. The van der Waals surface area contributed by atoms with Crippen LogP contribution in [0.4, 0.5) is 26.3 Å². The Morgan fingerprint density at radius 3 is 1.00 bits per heavy atom. The molecule has 0 saturated carbocycles. The fourth-order valence-electron chi connectivity index (χ4n) is 11.5. The number of alkyl halides is 6. The molecule has 0 saturated heterocycles. The molecule has 0 aliphatic carbocycles. The van der Waals surface area contributed by atoms with Crippen LogP contribution >= 0.6 is 0 Å². The molecule has 0 aliphatic rings. The van der Waals surface area contributed by atoms with Gasteiger partial charge in [0, 0.05) is 60.0 Å². The summed E-state index contributed by atoms with van der Waals surface area (Å²) in [4.78, 5) is 0. The fourth-order valence-corrected chi connectivity index (χ4v) is 11.5. The van der Waals surface area contributed by atoms with E-state index in [2.05, 4.69) is 75.9 Å². The highest BCUT2D eigenvalue weighted by molar-refractivity contribution is 6.14. The van der Waals surface area contributed by atoms with Gasteiger partial charge in [-0.05, 0) is 109 Å². The SMILES string of the molecule is N#Cc1cc(-n2c3ccccc3c3cc(-n4c5ccccc5c5ccccc54)ccc32)c(-c2cc(C(F)(F)F)cc(C(F)(F)F)c2)cc1-n1c2ccccc2c2cc(-n3c4ccccc4c4ccccc43)ccc21. The summed E-state index contributed by atoms with van der Waals surface area (Å²) in [6.07, 6.45) is -10.2. The maximum absolute atomic E-state index is 14.8. The van der Waals surface area contributed by atoms with Crippen LogP contribution in [0, 0.1) is 11.3 Å². The molecule has 4 heterocycles. The van der Waals surface area contributed by atoms with Crippen LogP contribution in [0.2, 0.25) is 0 Å². The molecule has 4 aromatic heterocycles. The second-order valence-electron chi connectivity index (χ2n) is 18.6. The van der Waals surface area contributed by atoms with Gasteiger partial charge in [0.05, 0.1) is 72.2 Å². The topological polar surface area (TPSA) is 43.5 Å². The van der Waals surface area contributed by atoms with Gasteiger partial charge in [-0.25, -0.2) is 0 Å². The average molecular weight is 976 g/mol. The van der Waals surface area contributed by atoms with Crippen LogP contribution in [-0.4, -0.2) is 18.3 Å². The molecule has 5 nitrogen and oxygen atoms in total. The molecular formula is C63H35F6N5.